The smallest absolute Gasteiger partial charge is 0.324 e. The van der Waals surface area contributed by atoms with Gasteiger partial charge in [0.1, 0.15) is 6.04 Å². The van der Waals surface area contributed by atoms with Crippen LogP contribution in [0, 0.1) is 11.6 Å². The van der Waals surface area contributed by atoms with Crippen molar-refractivity contribution in [3.63, 3.8) is 0 Å². The fourth-order valence-electron chi connectivity index (χ4n) is 2.45. The van der Waals surface area contributed by atoms with Crippen molar-refractivity contribution < 1.29 is 35.2 Å². The van der Waals surface area contributed by atoms with E-state index in [0.717, 1.165) is 31.4 Å². The summed E-state index contributed by atoms with van der Waals surface area (Å²) >= 11 is 0. The first kappa shape index (κ1) is 21.6. The summed E-state index contributed by atoms with van der Waals surface area (Å²) in [5.74, 6) is -3.50. The molecule has 0 radical (unpaired) electrons. The van der Waals surface area contributed by atoms with Crippen molar-refractivity contribution in [2.75, 3.05) is 15.9 Å². The van der Waals surface area contributed by atoms with Gasteiger partial charge in [0.15, 0.2) is 11.6 Å². The molecule has 0 saturated heterocycles. The van der Waals surface area contributed by atoms with E-state index in [1.54, 1.807) is 0 Å². The average molecular weight is 422 g/mol. The standard InChI is InChI=1S/C17H15F5N2O3S/c1-10(16(25)23-12-5-3-4-11(8-12)17(20,21)22)24(28(2,26)27)13-6-7-14(18)15(19)9-13/h3-10H,1-2H3,(H,23,25). The average Bonchev–Trinajstić information content (AvgIpc) is 2.56. The van der Waals surface area contributed by atoms with Gasteiger partial charge in [-0.3, -0.25) is 9.10 Å². The van der Waals surface area contributed by atoms with Crippen molar-refractivity contribution in [1.82, 2.24) is 0 Å². The molecule has 2 aromatic rings. The molecule has 0 aliphatic heterocycles. The lowest BCUT2D eigenvalue weighted by Crippen LogP contribution is -2.45. The first-order chi connectivity index (χ1) is 12.8. The number of alkyl halides is 3. The van der Waals surface area contributed by atoms with Gasteiger partial charge in [0.05, 0.1) is 17.5 Å². The van der Waals surface area contributed by atoms with Gasteiger partial charge in [-0.2, -0.15) is 13.2 Å². The van der Waals surface area contributed by atoms with Crippen LogP contribution in [0.25, 0.3) is 0 Å². The summed E-state index contributed by atoms with van der Waals surface area (Å²) in [6, 6.07) is 4.57. The van der Waals surface area contributed by atoms with Crippen LogP contribution in [0.1, 0.15) is 12.5 Å². The van der Waals surface area contributed by atoms with Crippen LogP contribution in [-0.2, 0) is 21.0 Å². The van der Waals surface area contributed by atoms with Crippen molar-refractivity contribution in [2.24, 2.45) is 0 Å². The molecule has 0 heterocycles. The molecule has 0 fully saturated rings. The monoisotopic (exact) mass is 422 g/mol. The lowest BCUT2D eigenvalue weighted by Gasteiger charge is -2.28. The molecule has 5 nitrogen and oxygen atoms in total. The zero-order valence-corrected chi connectivity index (χ0v) is 15.4. The molecular formula is C17H15F5N2O3S. The molecule has 1 N–H and O–H groups in total. The summed E-state index contributed by atoms with van der Waals surface area (Å²) in [4.78, 5) is 12.4. The van der Waals surface area contributed by atoms with Crippen LogP contribution in [0.15, 0.2) is 42.5 Å². The van der Waals surface area contributed by atoms with Crippen LogP contribution in [-0.4, -0.2) is 26.6 Å². The molecule has 0 bridgehead atoms. The zero-order chi connectivity index (χ0) is 21.3. The van der Waals surface area contributed by atoms with Crippen molar-refractivity contribution in [2.45, 2.75) is 19.1 Å². The number of carbonyl (C=O) groups excluding carboxylic acids is 1. The Morgan fingerprint density at radius 2 is 1.71 bits per heavy atom. The second-order valence-electron chi connectivity index (χ2n) is 5.90. The van der Waals surface area contributed by atoms with Crippen LogP contribution >= 0.6 is 0 Å². The summed E-state index contributed by atoms with van der Waals surface area (Å²) in [5.41, 5.74) is -1.52. The fourth-order valence-corrected chi connectivity index (χ4v) is 3.62. The first-order valence-electron chi connectivity index (χ1n) is 7.73. The first-order valence-corrected chi connectivity index (χ1v) is 9.58. The molecule has 152 valence electrons. The number of rotatable bonds is 5. The predicted molar refractivity (Wildman–Crippen MR) is 93.2 cm³/mol. The van der Waals surface area contributed by atoms with Crippen molar-refractivity contribution >= 4 is 27.3 Å². The second kappa shape index (κ2) is 7.74. The van der Waals surface area contributed by atoms with Crippen molar-refractivity contribution in [3.8, 4) is 0 Å². The fraction of sp³-hybridized carbons (Fsp3) is 0.235. The van der Waals surface area contributed by atoms with Crippen LogP contribution in [0.3, 0.4) is 0 Å². The highest BCUT2D eigenvalue weighted by atomic mass is 32.2. The number of hydrogen-bond acceptors (Lipinski definition) is 3. The van der Waals surface area contributed by atoms with Gasteiger partial charge in [0, 0.05) is 11.8 Å². The quantitative estimate of drug-likeness (QED) is 0.746. The molecule has 2 rings (SSSR count). The van der Waals surface area contributed by atoms with Crippen LogP contribution in [0.5, 0.6) is 0 Å². The number of anilines is 2. The molecule has 2 aromatic carbocycles. The molecule has 0 aliphatic carbocycles. The van der Waals surface area contributed by atoms with Crippen LogP contribution in [0.2, 0.25) is 0 Å². The number of sulfonamides is 1. The Bertz CT molecular complexity index is 993. The maximum absolute atomic E-state index is 13.5. The number of nitrogens with one attached hydrogen (secondary N) is 1. The topological polar surface area (TPSA) is 66.5 Å². The van der Waals surface area contributed by atoms with Gasteiger partial charge in [0.2, 0.25) is 15.9 Å². The number of carbonyl (C=O) groups is 1. The lowest BCUT2D eigenvalue weighted by atomic mass is 10.2. The molecule has 0 aliphatic rings. The maximum Gasteiger partial charge on any atom is 0.416 e. The van der Waals surface area contributed by atoms with Gasteiger partial charge in [-0.1, -0.05) is 6.07 Å². The van der Waals surface area contributed by atoms with E-state index in [0.29, 0.717) is 22.5 Å². The van der Waals surface area contributed by atoms with Gasteiger partial charge in [0.25, 0.3) is 0 Å². The molecule has 0 spiro atoms. The Balaban J connectivity index is 2.33. The molecule has 0 saturated carbocycles. The Morgan fingerprint density at radius 1 is 1.07 bits per heavy atom. The van der Waals surface area contributed by atoms with E-state index in [1.165, 1.54) is 6.07 Å². The highest BCUT2D eigenvalue weighted by molar-refractivity contribution is 7.92. The number of nitrogens with zero attached hydrogens (tertiary/aromatic N) is 1. The third-order valence-corrected chi connectivity index (χ3v) is 4.95. The Morgan fingerprint density at radius 3 is 2.25 bits per heavy atom. The minimum atomic E-state index is -4.63. The van der Waals surface area contributed by atoms with E-state index in [2.05, 4.69) is 5.32 Å². The number of hydrogen-bond donors (Lipinski definition) is 1. The Kier molecular flexibility index (Phi) is 5.97. The van der Waals surface area contributed by atoms with Gasteiger partial charge in [-0.05, 0) is 37.3 Å². The molecule has 1 unspecified atom stereocenters. The summed E-state index contributed by atoms with van der Waals surface area (Å²) < 4.78 is 89.7. The van der Waals surface area contributed by atoms with E-state index < -0.39 is 45.3 Å². The minimum Gasteiger partial charge on any atom is -0.324 e. The highest BCUT2D eigenvalue weighted by Crippen LogP contribution is 2.31. The molecule has 11 heteroatoms. The van der Waals surface area contributed by atoms with E-state index >= 15 is 0 Å². The van der Waals surface area contributed by atoms with Crippen molar-refractivity contribution in [1.29, 1.82) is 0 Å². The van der Waals surface area contributed by atoms with Crippen LogP contribution < -0.4 is 9.62 Å². The molecule has 1 atom stereocenters. The second-order valence-corrected chi connectivity index (χ2v) is 7.76. The molecular weight excluding hydrogens is 407 g/mol. The van der Waals surface area contributed by atoms with E-state index in [-0.39, 0.29) is 11.4 Å². The SMILES string of the molecule is CC(C(=O)Nc1cccc(C(F)(F)F)c1)N(c1ccc(F)c(F)c1)S(C)(=O)=O. The zero-order valence-electron chi connectivity index (χ0n) is 14.6. The number of amides is 1. The third-order valence-electron chi connectivity index (χ3n) is 3.70. The van der Waals surface area contributed by atoms with Crippen LogP contribution in [0.4, 0.5) is 33.3 Å². The molecule has 28 heavy (non-hydrogen) atoms. The normalized spacial score (nSPS) is 13.1. The number of halogens is 5. The van der Waals surface area contributed by atoms with Gasteiger partial charge >= 0.3 is 6.18 Å². The van der Waals surface area contributed by atoms with Gasteiger partial charge in [-0.15, -0.1) is 0 Å². The van der Waals surface area contributed by atoms with Gasteiger partial charge < -0.3 is 5.32 Å². The summed E-state index contributed by atoms with van der Waals surface area (Å²) in [6.45, 7) is 1.16. The Hall–Kier alpha value is -2.69. The maximum atomic E-state index is 13.5. The predicted octanol–water partition coefficient (Wildman–Crippen LogP) is 3.78. The molecule has 0 aromatic heterocycles. The third kappa shape index (κ3) is 4.97. The van der Waals surface area contributed by atoms with Crippen molar-refractivity contribution in [3.05, 3.63) is 59.7 Å². The van der Waals surface area contributed by atoms with E-state index in [4.69, 9.17) is 0 Å². The van der Waals surface area contributed by atoms with E-state index in [9.17, 15) is 35.2 Å². The summed E-state index contributed by atoms with van der Waals surface area (Å²) in [7, 11) is -4.11. The summed E-state index contributed by atoms with van der Waals surface area (Å²) in [6.07, 6.45) is -3.88. The number of benzene rings is 2. The van der Waals surface area contributed by atoms with E-state index in [1.807, 2.05) is 0 Å². The van der Waals surface area contributed by atoms with Gasteiger partial charge in [-0.25, -0.2) is 17.2 Å². The summed E-state index contributed by atoms with van der Waals surface area (Å²) in [5, 5.41) is 2.19. The lowest BCUT2D eigenvalue weighted by molar-refractivity contribution is -0.137. The largest absolute Gasteiger partial charge is 0.416 e. The highest BCUT2D eigenvalue weighted by Gasteiger charge is 2.32. The molecule has 1 amide bonds. The minimum absolute atomic E-state index is 0.203. The Labute approximate surface area is 157 Å².